The van der Waals surface area contributed by atoms with E-state index in [1.807, 2.05) is 47.2 Å². The third-order valence-electron chi connectivity index (χ3n) is 3.22. The van der Waals surface area contributed by atoms with Crippen molar-refractivity contribution in [1.82, 2.24) is 9.89 Å². The SMILES string of the molecule is OC1CN(CC2=CC=CC=[N+]2)Cc2cccc[n+]21.[Cl-].[Cl-]. The molecule has 0 bridgehead atoms. The normalized spacial score (nSPS) is 20.4. The number of nitrogens with zero attached hydrogens (tertiary/aromatic N) is 3. The van der Waals surface area contributed by atoms with Gasteiger partial charge in [-0.05, 0) is 6.08 Å². The Hall–Kier alpha value is -1.20. The second-order valence-corrected chi connectivity index (χ2v) is 4.57. The molecule has 1 atom stereocenters. The highest BCUT2D eigenvalue weighted by Crippen LogP contribution is 2.12. The lowest BCUT2D eigenvalue weighted by Crippen LogP contribution is -3.00. The number of aliphatic hydroxyl groups is 1. The molecule has 0 aromatic carbocycles. The summed E-state index contributed by atoms with van der Waals surface area (Å²) in [5.74, 6) is 0. The van der Waals surface area contributed by atoms with Gasteiger partial charge in [0.25, 0.3) is 11.9 Å². The molecule has 20 heavy (non-hydrogen) atoms. The van der Waals surface area contributed by atoms with E-state index in [0.717, 1.165) is 24.5 Å². The van der Waals surface area contributed by atoms with Gasteiger partial charge in [-0.25, -0.2) is 0 Å². The Balaban J connectivity index is 0.000001000. The average Bonchev–Trinajstić information content (AvgIpc) is 2.40. The Morgan fingerprint density at radius 1 is 1.30 bits per heavy atom. The molecule has 3 rings (SSSR count). The third kappa shape index (κ3) is 3.67. The topological polar surface area (TPSA) is 41.5 Å². The molecule has 0 saturated heterocycles. The molecular formula is C14H16Cl2N3O. The van der Waals surface area contributed by atoms with Crippen LogP contribution in [-0.4, -0.2) is 29.3 Å². The number of hydrogen-bond acceptors (Lipinski definition) is 3. The van der Waals surface area contributed by atoms with Crippen LogP contribution in [0.4, 0.5) is 0 Å². The summed E-state index contributed by atoms with van der Waals surface area (Å²) in [6.45, 7) is 2.25. The Morgan fingerprint density at radius 2 is 2.15 bits per heavy atom. The number of fused-ring (bicyclic) bond motifs is 1. The molecule has 6 heteroatoms. The van der Waals surface area contributed by atoms with E-state index in [9.17, 15) is 5.11 Å². The minimum atomic E-state index is -0.473. The summed E-state index contributed by atoms with van der Waals surface area (Å²) in [6, 6.07) is 6.00. The number of aliphatic hydroxyl groups excluding tert-OH is 1. The number of rotatable bonds is 2. The molecule has 0 amide bonds. The maximum absolute atomic E-state index is 10.1. The standard InChI is InChI=1S/C14H16N3O.2ClH/c18-14-11-16(9-12-5-1-3-7-15-12)10-13-6-2-4-8-17(13)14;;/h1-8,14,18H,9-11H2;2*1H/q+2;;/p-2. The molecule has 1 aromatic heterocycles. The summed E-state index contributed by atoms with van der Waals surface area (Å²) < 4.78 is 1.93. The van der Waals surface area contributed by atoms with Gasteiger partial charge in [-0.1, -0.05) is 6.07 Å². The van der Waals surface area contributed by atoms with Crippen LogP contribution in [0.15, 0.2) is 48.3 Å². The number of β-amino-alcohol motifs (C(OH)–C–C–N with tert-alkyl or cyclic N) is 1. The molecule has 4 nitrogen and oxygen atoms in total. The molecule has 1 aromatic rings. The van der Waals surface area contributed by atoms with Crippen LogP contribution in [-0.2, 0) is 6.54 Å². The highest BCUT2D eigenvalue weighted by Gasteiger charge is 2.31. The van der Waals surface area contributed by atoms with Crippen molar-refractivity contribution in [2.24, 2.45) is 0 Å². The summed E-state index contributed by atoms with van der Waals surface area (Å²) in [5, 5.41) is 10.1. The van der Waals surface area contributed by atoms with Crippen molar-refractivity contribution in [2.75, 3.05) is 13.1 Å². The molecule has 1 unspecified atom stereocenters. The molecule has 0 spiro atoms. The molecule has 1 radical (unpaired) electrons. The van der Waals surface area contributed by atoms with Crippen molar-refractivity contribution in [2.45, 2.75) is 12.8 Å². The van der Waals surface area contributed by atoms with Crippen LogP contribution < -0.4 is 34.4 Å². The third-order valence-corrected chi connectivity index (χ3v) is 3.22. The van der Waals surface area contributed by atoms with Gasteiger partial charge in [0, 0.05) is 24.3 Å². The summed E-state index contributed by atoms with van der Waals surface area (Å²) in [5.41, 5.74) is 2.17. The van der Waals surface area contributed by atoms with Gasteiger partial charge < -0.3 is 29.9 Å². The first-order valence-corrected chi connectivity index (χ1v) is 6.12. The monoisotopic (exact) mass is 312 g/mol. The Kier molecular flexibility index (Phi) is 6.36. The minimum absolute atomic E-state index is 0. The van der Waals surface area contributed by atoms with Crippen molar-refractivity contribution < 1.29 is 34.5 Å². The van der Waals surface area contributed by atoms with E-state index in [1.165, 1.54) is 0 Å². The number of aromatic nitrogens is 1. The van der Waals surface area contributed by atoms with Crippen LogP contribution in [0.25, 0.3) is 0 Å². The molecule has 2 aliphatic heterocycles. The van der Waals surface area contributed by atoms with Crippen LogP contribution in [0.5, 0.6) is 0 Å². The maximum Gasteiger partial charge on any atom is 0.273 e. The van der Waals surface area contributed by atoms with Gasteiger partial charge in [0.05, 0.1) is 24.6 Å². The van der Waals surface area contributed by atoms with Gasteiger partial charge in [0.2, 0.25) is 6.21 Å². The van der Waals surface area contributed by atoms with Gasteiger partial charge in [0.15, 0.2) is 11.9 Å². The fourth-order valence-electron chi connectivity index (χ4n) is 2.37. The summed E-state index contributed by atoms with van der Waals surface area (Å²) in [6.07, 6.45) is 9.18. The second kappa shape index (κ2) is 7.55. The van der Waals surface area contributed by atoms with Crippen molar-refractivity contribution in [1.29, 1.82) is 0 Å². The van der Waals surface area contributed by atoms with E-state index in [4.69, 9.17) is 0 Å². The molecule has 0 fully saturated rings. The lowest BCUT2D eigenvalue weighted by atomic mass is 10.2. The first kappa shape index (κ1) is 16.9. The molecule has 107 valence electrons. The Bertz CT molecular complexity index is 543. The smallest absolute Gasteiger partial charge is 0.273 e. The summed E-state index contributed by atoms with van der Waals surface area (Å²) in [4.78, 5) is 6.53. The van der Waals surface area contributed by atoms with Gasteiger partial charge in [-0.2, -0.15) is 4.57 Å². The Labute approximate surface area is 131 Å². The zero-order chi connectivity index (χ0) is 12.4. The highest BCUT2D eigenvalue weighted by molar-refractivity contribution is 5.72. The van der Waals surface area contributed by atoms with Crippen molar-refractivity contribution >= 4 is 6.21 Å². The van der Waals surface area contributed by atoms with Gasteiger partial charge in [-0.3, -0.25) is 4.90 Å². The predicted molar refractivity (Wildman–Crippen MR) is 68.6 cm³/mol. The van der Waals surface area contributed by atoms with E-state index in [2.05, 4.69) is 9.89 Å². The van der Waals surface area contributed by atoms with Crippen LogP contribution in [0.2, 0.25) is 0 Å². The van der Waals surface area contributed by atoms with E-state index in [1.54, 1.807) is 6.21 Å². The first-order chi connectivity index (χ1) is 8.83. The molecule has 0 aliphatic carbocycles. The number of pyridine rings is 1. The average molecular weight is 313 g/mol. The lowest BCUT2D eigenvalue weighted by Gasteiger charge is -2.25. The number of halogens is 2. The number of hydrogen-bond donors (Lipinski definition) is 1. The molecule has 2 aliphatic rings. The quantitative estimate of drug-likeness (QED) is 0.553. The van der Waals surface area contributed by atoms with Crippen LogP contribution in [0.1, 0.15) is 11.9 Å². The van der Waals surface area contributed by atoms with E-state index >= 15 is 0 Å². The number of aliphatic imine (C=N–C) groups is 1. The highest BCUT2D eigenvalue weighted by atomic mass is 35.5. The van der Waals surface area contributed by atoms with Crippen molar-refractivity contribution in [3.8, 4) is 0 Å². The zero-order valence-corrected chi connectivity index (χ0v) is 12.4. The van der Waals surface area contributed by atoms with E-state index in [0.29, 0.717) is 6.54 Å². The number of allylic oxidation sites excluding steroid dienone is 3. The molecule has 0 saturated carbocycles. The first-order valence-electron chi connectivity index (χ1n) is 6.12. The van der Waals surface area contributed by atoms with Gasteiger partial charge in [0.1, 0.15) is 0 Å². The fourth-order valence-corrected chi connectivity index (χ4v) is 2.37. The van der Waals surface area contributed by atoms with Gasteiger partial charge >= 0.3 is 0 Å². The van der Waals surface area contributed by atoms with Crippen molar-refractivity contribution in [3.63, 3.8) is 0 Å². The minimum Gasteiger partial charge on any atom is -1.00 e. The second-order valence-electron chi connectivity index (χ2n) is 4.57. The summed E-state index contributed by atoms with van der Waals surface area (Å²) in [7, 11) is 0. The zero-order valence-electron chi connectivity index (χ0n) is 10.9. The van der Waals surface area contributed by atoms with Gasteiger partial charge in [-0.15, -0.1) is 0 Å². The van der Waals surface area contributed by atoms with E-state index < -0.39 is 6.23 Å². The molecular weight excluding hydrogens is 297 g/mol. The van der Waals surface area contributed by atoms with E-state index in [-0.39, 0.29) is 24.8 Å². The van der Waals surface area contributed by atoms with Crippen LogP contribution >= 0.6 is 0 Å². The van der Waals surface area contributed by atoms with Crippen molar-refractivity contribution in [3.05, 3.63) is 54.0 Å². The maximum atomic E-state index is 10.1. The Morgan fingerprint density at radius 3 is 2.90 bits per heavy atom. The molecule has 3 heterocycles. The van der Waals surface area contributed by atoms with Crippen LogP contribution in [0.3, 0.4) is 0 Å². The lowest BCUT2D eigenvalue weighted by molar-refractivity contribution is -0.772. The summed E-state index contributed by atoms with van der Waals surface area (Å²) >= 11 is 0. The predicted octanol–water partition coefficient (Wildman–Crippen LogP) is -5.85. The van der Waals surface area contributed by atoms with Crippen LogP contribution in [0, 0.1) is 0 Å². The molecule has 1 N–H and O–H groups in total. The largest absolute Gasteiger partial charge is 1.00 e. The fraction of sp³-hybridized carbons (Fsp3) is 0.286.